The summed E-state index contributed by atoms with van der Waals surface area (Å²) >= 11 is 0. The van der Waals surface area contributed by atoms with Gasteiger partial charge in [-0.3, -0.25) is 0 Å². The second-order valence-electron chi connectivity index (χ2n) is 7.01. The fraction of sp³-hybridized carbons (Fsp3) is 0.273. The number of ether oxygens (including phenoxy) is 1. The lowest BCUT2D eigenvalue weighted by molar-refractivity contribution is 0.0730. The Balaban J connectivity index is 1.47. The van der Waals surface area contributed by atoms with Crippen LogP contribution in [0.25, 0.3) is 11.5 Å². The van der Waals surface area contributed by atoms with E-state index in [1.54, 1.807) is 12.1 Å². The molecule has 9 heteroatoms. The van der Waals surface area contributed by atoms with Crippen molar-refractivity contribution in [3.05, 3.63) is 65.9 Å². The summed E-state index contributed by atoms with van der Waals surface area (Å²) in [5, 5.41) is 12.5. The van der Waals surface area contributed by atoms with Crippen LogP contribution in [0.5, 0.6) is 0 Å². The van der Waals surface area contributed by atoms with Crippen LogP contribution in [0.1, 0.15) is 11.3 Å². The summed E-state index contributed by atoms with van der Waals surface area (Å²) in [6.07, 6.45) is 0.774. The third kappa shape index (κ3) is 4.77. The average molecular weight is 439 g/mol. The molecule has 1 N–H and O–H groups in total. The van der Waals surface area contributed by atoms with Crippen LogP contribution in [0.4, 0.5) is 5.88 Å². The highest BCUT2D eigenvalue weighted by Gasteiger charge is 2.26. The highest BCUT2D eigenvalue weighted by Crippen LogP contribution is 2.27. The molecule has 2 heterocycles. The molecule has 8 nitrogen and oxygen atoms in total. The number of sulfonamides is 1. The molecule has 0 aliphatic carbocycles. The summed E-state index contributed by atoms with van der Waals surface area (Å²) < 4.78 is 37.9. The molecule has 1 aromatic heterocycles. The predicted octanol–water partition coefficient (Wildman–Crippen LogP) is 2.89. The van der Waals surface area contributed by atoms with Crippen LogP contribution in [-0.4, -0.2) is 50.6 Å². The van der Waals surface area contributed by atoms with E-state index >= 15 is 0 Å². The fourth-order valence-corrected chi connectivity index (χ4v) is 4.72. The van der Waals surface area contributed by atoms with Crippen LogP contribution >= 0.6 is 0 Å². The lowest BCUT2D eigenvalue weighted by Gasteiger charge is -2.26. The van der Waals surface area contributed by atoms with E-state index in [1.165, 1.54) is 22.0 Å². The molecule has 160 valence electrons. The van der Waals surface area contributed by atoms with Crippen LogP contribution in [0.2, 0.25) is 0 Å². The van der Waals surface area contributed by atoms with E-state index < -0.39 is 10.0 Å². The lowest BCUT2D eigenvalue weighted by Crippen LogP contribution is -2.40. The Bertz CT molecular complexity index is 1160. The van der Waals surface area contributed by atoms with E-state index in [0.717, 1.165) is 6.42 Å². The van der Waals surface area contributed by atoms with Gasteiger partial charge in [-0.2, -0.15) is 14.6 Å². The number of nitriles is 1. The molecule has 1 fully saturated rings. The Morgan fingerprint density at radius 1 is 1.06 bits per heavy atom. The molecule has 0 atom stereocenters. The molecule has 31 heavy (non-hydrogen) atoms. The predicted molar refractivity (Wildman–Crippen MR) is 115 cm³/mol. The van der Waals surface area contributed by atoms with Crippen LogP contribution in [0.15, 0.2) is 63.9 Å². The van der Waals surface area contributed by atoms with Gasteiger partial charge in [0.2, 0.25) is 27.5 Å². The first kappa shape index (κ1) is 21.1. The average Bonchev–Trinajstić information content (AvgIpc) is 3.24. The first-order valence-corrected chi connectivity index (χ1v) is 11.4. The topological polar surface area (TPSA) is 108 Å². The van der Waals surface area contributed by atoms with Crippen molar-refractivity contribution < 1.29 is 17.6 Å². The lowest BCUT2D eigenvalue weighted by atomic mass is 10.1. The first-order chi connectivity index (χ1) is 15.1. The Kier molecular flexibility index (Phi) is 6.32. The second-order valence-corrected chi connectivity index (χ2v) is 8.95. The highest BCUT2D eigenvalue weighted by atomic mass is 32.2. The van der Waals surface area contributed by atoms with Crippen LogP contribution in [0.3, 0.4) is 0 Å². The minimum atomic E-state index is -3.57. The molecule has 1 aliphatic rings. The van der Waals surface area contributed by atoms with E-state index in [4.69, 9.17) is 9.15 Å². The third-order valence-corrected chi connectivity index (χ3v) is 6.90. The van der Waals surface area contributed by atoms with Crippen molar-refractivity contribution in [1.29, 1.82) is 5.26 Å². The zero-order valence-corrected chi connectivity index (χ0v) is 17.6. The summed E-state index contributed by atoms with van der Waals surface area (Å²) in [6.45, 7) is 2.06. The standard InChI is InChI=1S/C22H22N4O4S/c23-16-20-22(24-11-10-17-4-2-1-3-5-17)30-21(25-20)18-6-8-19(9-7-18)31(27,28)26-12-14-29-15-13-26/h1-9,24H,10-15H2. The zero-order valence-electron chi connectivity index (χ0n) is 16.8. The van der Waals surface area contributed by atoms with E-state index in [-0.39, 0.29) is 16.5 Å². The van der Waals surface area contributed by atoms with Gasteiger partial charge in [0.25, 0.3) is 0 Å². The number of anilines is 1. The molecule has 2 aromatic carbocycles. The number of nitrogens with zero attached hydrogens (tertiary/aromatic N) is 3. The van der Waals surface area contributed by atoms with Gasteiger partial charge >= 0.3 is 0 Å². The molecule has 3 aromatic rings. The maximum atomic E-state index is 12.8. The van der Waals surface area contributed by atoms with Crippen molar-refractivity contribution in [2.75, 3.05) is 38.2 Å². The van der Waals surface area contributed by atoms with Crippen LogP contribution in [0, 0.1) is 11.3 Å². The van der Waals surface area contributed by atoms with Gasteiger partial charge in [-0.25, -0.2) is 8.42 Å². The SMILES string of the molecule is N#Cc1nc(-c2ccc(S(=O)(=O)N3CCOCC3)cc2)oc1NCCc1ccccc1. The summed E-state index contributed by atoms with van der Waals surface area (Å²) in [6, 6.07) is 18.3. The van der Waals surface area contributed by atoms with E-state index in [9.17, 15) is 13.7 Å². The summed E-state index contributed by atoms with van der Waals surface area (Å²) in [5.74, 6) is 0.563. The molecule has 0 radical (unpaired) electrons. The zero-order chi connectivity index (χ0) is 21.7. The van der Waals surface area contributed by atoms with Gasteiger partial charge < -0.3 is 14.5 Å². The number of oxazole rings is 1. The maximum absolute atomic E-state index is 12.8. The fourth-order valence-electron chi connectivity index (χ4n) is 3.31. The van der Waals surface area contributed by atoms with Crippen molar-refractivity contribution in [1.82, 2.24) is 9.29 Å². The quantitative estimate of drug-likeness (QED) is 0.604. The van der Waals surface area contributed by atoms with Crippen molar-refractivity contribution in [3.8, 4) is 17.5 Å². The van der Waals surface area contributed by atoms with E-state index in [0.29, 0.717) is 44.3 Å². The Morgan fingerprint density at radius 3 is 2.45 bits per heavy atom. The van der Waals surface area contributed by atoms with Gasteiger partial charge in [-0.15, -0.1) is 0 Å². The number of rotatable bonds is 7. The molecule has 0 bridgehead atoms. The van der Waals surface area contributed by atoms with Crippen molar-refractivity contribution >= 4 is 15.9 Å². The number of hydrogen-bond acceptors (Lipinski definition) is 7. The Hall–Kier alpha value is -3.19. The number of aromatic nitrogens is 1. The molecule has 4 rings (SSSR count). The van der Waals surface area contributed by atoms with Crippen molar-refractivity contribution in [3.63, 3.8) is 0 Å². The maximum Gasteiger partial charge on any atom is 0.243 e. The van der Waals surface area contributed by atoms with Gasteiger partial charge in [-0.1, -0.05) is 30.3 Å². The molecule has 1 aliphatic heterocycles. The van der Waals surface area contributed by atoms with Gasteiger partial charge in [-0.05, 0) is 36.2 Å². The highest BCUT2D eigenvalue weighted by molar-refractivity contribution is 7.89. The van der Waals surface area contributed by atoms with Crippen LogP contribution in [-0.2, 0) is 21.2 Å². The third-order valence-electron chi connectivity index (χ3n) is 4.98. The van der Waals surface area contributed by atoms with Crippen molar-refractivity contribution in [2.45, 2.75) is 11.3 Å². The van der Waals surface area contributed by atoms with Gasteiger partial charge in [0, 0.05) is 25.2 Å². The van der Waals surface area contributed by atoms with E-state index in [2.05, 4.69) is 10.3 Å². The molecule has 0 amide bonds. The second kappa shape index (κ2) is 9.31. The smallest absolute Gasteiger partial charge is 0.243 e. The molecule has 0 saturated carbocycles. The number of benzene rings is 2. The Labute approximate surface area is 181 Å². The number of morpholine rings is 1. The van der Waals surface area contributed by atoms with Crippen LogP contribution < -0.4 is 5.32 Å². The number of hydrogen-bond donors (Lipinski definition) is 1. The molecular weight excluding hydrogens is 416 g/mol. The molecule has 1 saturated heterocycles. The minimum Gasteiger partial charge on any atom is -0.419 e. The van der Waals surface area contributed by atoms with Gasteiger partial charge in [0.15, 0.2) is 0 Å². The van der Waals surface area contributed by atoms with E-state index in [1.807, 2.05) is 36.4 Å². The summed E-state index contributed by atoms with van der Waals surface area (Å²) in [4.78, 5) is 4.44. The molecule has 0 spiro atoms. The normalized spacial score (nSPS) is 14.8. The van der Waals surface area contributed by atoms with Crippen molar-refractivity contribution in [2.24, 2.45) is 0 Å². The largest absolute Gasteiger partial charge is 0.419 e. The van der Waals surface area contributed by atoms with Gasteiger partial charge in [0.1, 0.15) is 6.07 Å². The summed E-state index contributed by atoms with van der Waals surface area (Å²) in [7, 11) is -3.57. The minimum absolute atomic E-state index is 0.160. The van der Waals surface area contributed by atoms with Gasteiger partial charge in [0.05, 0.1) is 18.1 Å². The first-order valence-electron chi connectivity index (χ1n) is 9.95. The Morgan fingerprint density at radius 2 is 1.77 bits per heavy atom. The summed E-state index contributed by atoms with van der Waals surface area (Å²) in [5.41, 5.74) is 1.92. The number of nitrogens with one attached hydrogen (secondary N) is 1. The molecular formula is C22H22N4O4S. The molecule has 0 unspecified atom stereocenters. The monoisotopic (exact) mass is 438 g/mol.